The minimum Gasteiger partial charge on any atom is -0.354 e. The third-order valence-electron chi connectivity index (χ3n) is 8.20. The summed E-state index contributed by atoms with van der Waals surface area (Å²) in [5.74, 6) is 0.798. The van der Waals surface area contributed by atoms with Crippen LogP contribution >= 0.6 is 0 Å². The Labute approximate surface area is 270 Å². The molecular formula is C31H33F9N8. The van der Waals surface area contributed by atoms with Gasteiger partial charge in [-0.05, 0) is 65.6 Å². The minimum atomic E-state index is -5.07. The van der Waals surface area contributed by atoms with Crippen molar-refractivity contribution < 1.29 is 39.5 Å². The van der Waals surface area contributed by atoms with Crippen LogP contribution < -0.4 is 15.9 Å². The summed E-state index contributed by atoms with van der Waals surface area (Å²) in [6, 6.07) is 9.83. The third kappa shape index (κ3) is 8.24. The monoisotopic (exact) mass is 688 g/mol. The van der Waals surface area contributed by atoms with Gasteiger partial charge in [-0.15, -0.1) is 10.2 Å². The molecule has 2 aliphatic rings. The van der Waals surface area contributed by atoms with Crippen molar-refractivity contribution in [2.45, 2.75) is 51.0 Å². The Bertz CT molecular complexity index is 1550. The summed E-state index contributed by atoms with van der Waals surface area (Å²) in [6.07, 6.45) is -12.6. The summed E-state index contributed by atoms with van der Waals surface area (Å²) < 4.78 is 124. The van der Waals surface area contributed by atoms with Crippen LogP contribution in [0.1, 0.15) is 52.8 Å². The van der Waals surface area contributed by atoms with E-state index in [1.807, 2.05) is 25.1 Å². The van der Waals surface area contributed by atoms with Crippen LogP contribution in [0, 0.1) is 0 Å². The van der Waals surface area contributed by atoms with Gasteiger partial charge in [0.1, 0.15) is 5.82 Å². The van der Waals surface area contributed by atoms with E-state index in [1.165, 1.54) is 23.1 Å². The lowest BCUT2D eigenvalue weighted by atomic mass is 9.93. The highest BCUT2D eigenvalue weighted by molar-refractivity contribution is 5.80. The molecule has 260 valence electrons. The Morgan fingerprint density at radius 1 is 0.792 bits per heavy atom. The predicted molar refractivity (Wildman–Crippen MR) is 160 cm³/mol. The molecule has 1 fully saturated rings. The first kappa shape index (κ1) is 35.1. The SMILES string of the molecule is CCC(c1ccc(C(F)(F)F)cc1CN(Cc1cc(C(F)(F)F)cc(C(F)(F)F)c1)C1=NNN(C)N1)N1CCN(c2ccccn2)CC1. The Balaban J connectivity index is 1.51. The number of hydrazine groups is 2. The molecule has 17 heteroatoms. The molecule has 0 bridgehead atoms. The molecule has 0 aliphatic carbocycles. The maximum absolute atomic E-state index is 14.0. The number of hydrogen-bond donors (Lipinski definition) is 2. The molecule has 48 heavy (non-hydrogen) atoms. The van der Waals surface area contributed by atoms with Crippen molar-refractivity contribution in [1.29, 1.82) is 0 Å². The topological polar surface area (TPSA) is 62.3 Å². The minimum absolute atomic E-state index is 0.0103. The lowest BCUT2D eigenvalue weighted by Gasteiger charge is -2.40. The number of aromatic nitrogens is 1. The second-order valence-corrected chi connectivity index (χ2v) is 11.5. The van der Waals surface area contributed by atoms with E-state index in [2.05, 4.69) is 30.8 Å². The fourth-order valence-electron chi connectivity index (χ4n) is 5.93. The Morgan fingerprint density at radius 3 is 1.96 bits per heavy atom. The average molecular weight is 689 g/mol. The number of piperazine rings is 1. The molecule has 0 saturated carbocycles. The lowest BCUT2D eigenvalue weighted by Crippen LogP contribution is -2.48. The normalized spacial score (nSPS) is 17.1. The summed E-state index contributed by atoms with van der Waals surface area (Å²) in [5, 5.41) is 5.34. The van der Waals surface area contributed by atoms with E-state index < -0.39 is 41.8 Å². The van der Waals surface area contributed by atoms with Crippen LogP contribution in [0.3, 0.4) is 0 Å². The molecule has 2 N–H and O–H groups in total. The molecule has 1 unspecified atom stereocenters. The molecule has 0 amide bonds. The van der Waals surface area contributed by atoms with Gasteiger partial charge in [-0.25, -0.2) is 10.5 Å². The van der Waals surface area contributed by atoms with Gasteiger partial charge in [-0.3, -0.25) is 10.3 Å². The van der Waals surface area contributed by atoms with Gasteiger partial charge in [-0.2, -0.15) is 39.5 Å². The number of rotatable bonds is 8. The molecule has 0 spiro atoms. The molecule has 1 saturated heterocycles. The van der Waals surface area contributed by atoms with Crippen molar-refractivity contribution in [2.75, 3.05) is 38.1 Å². The molecule has 5 rings (SSSR count). The third-order valence-corrected chi connectivity index (χ3v) is 8.20. The van der Waals surface area contributed by atoms with Crippen molar-refractivity contribution in [2.24, 2.45) is 5.10 Å². The second-order valence-electron chi connectivity index (χ2n) is 11.5. The number of nitrogens with zero attached hydrogens (tertiary/aromatic N) is 6. The first-order valence-corrected chi connectivity index (χ1v) is 15.0. The van der Waals surface area contributed by atoms with Gasteiger partial charge in [0.25, 0.3) is 0 Å². The molecule has 0 radical (unpaired) electrons. The number of hydrazone groups is 1. The van der Waals surface area contributed by atoms with E-state index in [0.717, 1.165) is 18.0 Å². The number of hydrogen-bond acceptors (Lipinski definition) is 8. The van der Waals surface area contributed by atoms with Crippen LogP contribution in [0.4, 0.5) is 45.3 Å². The number of benzene rings is 2. The van der Waals surface area contributed by atoms with Crippen molar-refractivity contribution >= 4 is 11.8 Å². The van der Waals surface area contributed by atoms with Crippen LogP contribution in [-0.2, 0) is 31.6 Å². The van der Waals surface area contributed by atoms with E-state index in [-0.39, 0.29) is 35.7 Å². The summed E-state index contributed by atoms with van der Waals surface area (Å²) in [4.78, 5) is 9.95. The Kier molecular flexibility index (Phi) is 10.0. The molecule has 3 aromatic rings. The number of halogens is 9. The van der Waals surface area contributed by atoms with Gasteiger partial charge in [-0.1, -0.05) is 19.1 Å². The standard InChI is InChI=1S/C31H33F9N8/c1-3-26(46-10-12-47(13-11-46)27-6-4-5-9-41-27)25-8-7-22(29(32,33)34)16-21(25)19-48(28-42-44-45(2)43-28)18-20-14-23(30(35,36)37)17-24(15-20)31(38,39)40/h4-9,14-17,26,44H,3,10-13,18-19H2,1-2H3,(H,42,43). The average Bonchev–Trinajstić information content (AvgIpc) is 3.47. The van der Waals surface area contributed by atoms with Gasteiger partial charge in [0.05, 0.1) is 16.7 Å². The fraction of sp³-hybridized carbons (Fsp3) is 0.419. The number of alkyl halides is 9. The van der Waals surface area contributed by atoms with Crippen LogP contribution in [0.5, 0.6) is 0 Å². The van der Waals surface area contributed by atoms with Crippen molar-refractivity contribution in [3.05, 3.63) is 94.2 Å². The number of guanidine groups is 1. The summed E-state index contributed by atoms with van der Waals surface area (Å²) in [7, 11) is 1.51. The molecule has 2 aliphatic heterocycles. The second kappa shape index (κ2) is 13.7. The quantitative estimate of drug-likeness (QED) is 0.258. The Hall–Kier alpha value is -4.25. The molecule has 3 heterocycles. The van der Waals surface area contributed by atoms with Crippen LogP contribution in [0.2, 0.25) is 0 Å². The molecule has 2 aromatic carbocycles. The zero-order valence-electron chi connectivity index (χ0n) is 25.9. The van der Waals surface area contributed by atoms with Crippen molar-refractivity contribution in [3.63, 3.8) is 0 Å². The van der Waals surface area contributed by atoms with E-state index in [4.69, 9.17) is 0 Å². The molecule has 1 atom stereocenters. The smallest absolute Gasteiger partial charge is 0.354 e. The highest BCUT2D eigenvalue weighted by Crippen LogP contribution is 2.38. The summed E-state index contributed by atoms with van der Waals surface area (Å²) in [5.41, 5.74) is 1.80. The number of pyridine rings is 1. The highest BCUT2D eigenvalue weighted by atomic mass is 19.4. The predicted octanol–water partition coefficient (Wildman–Crippen LogP) is 6.64. The van der Waals surface area contributed by atoms with Crippen molar-refractivity contribution in [3.8, 4) is 0 Å². The largest absolute Gasteiger partial charge is 0.416 e. The zero-order valence-corrected chi connectivity index (χ0v) is 25.9. The van der Waals surface area contributed by atoms with E-state index in [9.17, 15) is 39.5 Å². The van der Waals surface area contributed by atoms with Crippen molar-refractivity contribution in [1.82, 2.24) is 30.9 Å². The molecule has 8 nitrogen and oxygen atoms in total. The van der Waals surface area contributed by atoms with Crippen LogP contribution in [-0.4, -0.2) is 59.1 Å². The fourth-order valence-corrected chi connectivity index (χ4v) is 5.93. The number of nitrogens with one attached hydrogen (secondary N) is 2. The summed E-state index contributed by atoms with van der Waals surface area (Å²) >= 11 is 0. The first-order valence-electron chi connectivity index (χ1n) is 15.0. The lowest BCUT2D eigenvalue weighted by molar-refractivity contribution is -0.143. The number of anilines is 1. The van der Waals surface area contributed by atoms with Gasteiger partial charge in [0.15, 0.2) is 0 Å². The van der Waals surface area contributed by atoms with Crippen LogP contribution in [0.15, 0.2) is 65.9 Å². The van der Waals surface area contributed by atoms with Crippen LogP contribution in [0.25, 0.3) is 0 Å². The molecular weight excluding hydrogens is 655 g/mol. The first-order chi connectivity index (χ1) is 22.5. The zero-order chi connectivity index (χ0) is 34.9. The van der Waals surface area contributed by atoms with Gasteiger partial charge in [0.2, 0.25) is 5.96 Å². The van der Waals surface area contributed by atoms with E-state index in [0.29, 0.717) is 50.3 Å². The Morgan fingerprint density at radius 2 is 1.44 bits per heavy atom. The van der Waals surface area contributed by atoms with E-state index in [1.54, 1.807) is 6.20 Å². The molecule has 1 aromatic heterocycles. The van der Waals surface area contributed by atoms with E-state index >= 15 is 0 Å². The summed E-state index contributed by atoms with van der Waals surface area (Å²) in [6.45, 7) is 3.43. The van der Waals surface area contributed by atoms with Gasteiger partial charge >= 0.3 is 18.5 Å². The maximum atomic E-state index is 14.0. The van der Waals surface area contributed by atoms with Gasteiger partial charge in [0, 0.05) is 58.6 Å². The van der Waals surface area contributed by atoms with Gasteiger partial charge < -0.3 is 9.80 Å². The highest BCUT2D eigenvalue weighted by Gasteiger charge is 2.38. The maximum Gasteiger partial charge on any atom is 0.416 e.